The molecule has 7 nitrogen and oxygen atoms in total. The summed E-state index contributed by atoms with van der Waals surface area (Å²) in [7, 11) is 1.50. The lowest BCUT2D eigenvalue weighted by atomic mass is 10.0. The minimum atomic E-state index is -0.969. The van der Waals surface area contributed by atoms with E-state index in [0.29, 0.717) is 39.3 Å². The van der Waals surface area contributed by atoms with Crippen molar-refractivity contribution in [3.63, 3.8) is 0 Å². The normalized spacial score (nSPS) is 10.7. The van der Waals surface area contributed by atoms with Gasteiger partial charge in [-0.2, -0.15) is 0 Å². The molecule has 30 heavy (non-hydrogen) atoms. The molecule has 0 saturated carbocycles. The van der Waals surface area contributed by atoms with Gasteiger partial charge in [0, 0.05) is 18.7 Å². The van der Waals surface area contributed by atoms with Crippen molar-refractivity contribution in [1.82, 2.24) is 10.5 Å². The number of nitrogens with zero attached hydrogens (tertiary/aromatic N) is 1. The monoisotopic (exact) mass is 452 g/mol. The number of hydrogen-bond donors (Lipinski definition) is 3. The zero-order valence-corrected chi connectivity index (χ0v) is 17.5. The first-order valence-corrected chi connectivity index (χ1v) is 9.66. The largest absolute Gasteiger partial charge is 0.496 e. The Labute approximate surface area is 182 Å². The van der Waals surface area contributed by atoms with Crippen LogP contribution in [-0.2, 0) is 6.67 Å². The van der Waals surface area contributed by atoms with E-state index in [9.17, 15) is 9.18 Å². The van der Waals surface area contributed by atoms with E-state index < -0.39 is 12.6 Å². The highest BCUT2D eigenvalue weighted by molar-refractivity contribution is 6.37. The van der Waals surface area contributed by atoms with Crippen LogP contribution in [0.5, 0.6) is 5.75 Å². The van der Waals surface area contributed by atoms with E-state index in [1.165, 1.54) is 13.2 Å². The third-order valence-electron chi connectivity index (χ3n) is 4.29. The zero-order chi connectivity index (χ0) is 21.7. The van der Waals surface area contributed by atoms with Crippen molar-refractivity contribution in [1.29, 1.82) is 0 Å². The van der Waals surface area contributed by atoms with Crippen LogP contribution in [0.15, 0.2) is 40.9 Å². The van der Waals surface area contributed by atoms with Gasteiger partial charge in [-0.25, -0.2) is 4.39 Å². The summed E-state index contributed by atoms with van der Waals surface area (Å²) in [4.78, 5) is 12.7. The predicted octanol–water partition coefficient (Wildman–Crippen LogP) is 4.55. The molecule has 3 rings (SSSR count). The number of nitrogens with one attached hydrogen (secondary N) is 2. The maximum atomic E-state index is 13.4. The van der Waals surface area contributed by atoms with Gasteiger partial charge in [0.25, 0.3) is 5.91 Å². The number of benzene rings is 2. The lowest BCUT2D eigenvalue weighted by molar-refractivity contribution is 0.0952. The number of aromatic nitrogens is 1. The quantitative estimate of drug-likeness (QED) is 0.342. The molecule has 10 heteroatoms. The van der Waals surface area contributed by atoms with E-state index in [0.717, 1.165) is 0 Å². The number of nitrogen functional groups attached to an aromatic ring is 1. The maximum Gasteiger partial charge on any atom is 0.257 e. The second-order valence-electron chi connectivity index (χ2n) is 6.20. The molecule has 0 atom stereocenters. The highest BCUT2D eigenvalue weighted by Gasteiger charge is 2.25. The van der Waals surface area contributed by atoms with E-state index in [4.69, 9.17) is 38.2 Å². The van der Waals surface area contributed by atoms with E-state index in [1.54, 1.807) is 30.3 Å². The number of anilines is 2. The molecule has 0 fully saturated rings. The number of methoxy groups -OCH3 is 1. The van der Waals surface area contributed by atoms with Gasteiger partial charge in [-0.15, -0.1) is 0 Å². The summed E-state index contributed by atoms with van der Waals surface area (Å²) in [5, 5.41) is 10.4. The van der Waals surface area contributed by atoms with Gasteiger partial charge in [0.1, 0.15) is 17.0 Å². The molecule has 0 saturated heterocycles. The van der Waals surface area contributed by atoms with Crippen LogP contribution >= 0.6 is 23.2 Å². The van der Waals surface area contributed by atoms with Gasteiger partial charge in [-0.05, 0) is 24.3 Å². The Morgan fingerprint density at radius 2 is 2.00 bits per heavy atom. The molecule has 1 aromatic heterocycles. The van der Waals surface area contributed by atoms with Crippen LogP contribution < -0.4 is 21.1 Å². The Morgan fingerprint density at radius 3 is 2.73 bits per heavy atom. The molecule has 0 bridgehead atoms. The first kappa shape index (κ1) is 21.7. The van der Waals surface area contributed by atoms with Gasteiger partial charge in [0.15, 0.2) is 12.4 Å². The zero-order valence-electron chi connectivity index (χ0n) is 16.0. The lowest BCUT2D eigenvalue weighted by Gasteiger charge is -2.11. The van der Waals surface area contributed by atoms with Crippen LogP contribution in [0.2, 0.25) is 10.0 Å². The number of rotatable bonds is 8. The molecule has 158 valence electrons. The second-order valence-corrected chi connectivity index (χ2v) is 7.01. The van der Waals surface area contributed by atoms with E-state index in [2.05, 4.69) is 15.8 Å². The first-order chi connectivity index (χ1) is 14.5. The Bertz CT molecular complexity index is 1060. The molecular formula is C20H19Cl2FN4O3. The van der Waals surface area contributed by atoms with Crippen molar-refractivity contribution in [2.75, 3.05) is 31.2 Å². The van der Waals surface area contributed by atoms with Gasteiger partial charge >= 0.3 is 0 Å². The Balaban J connectivity index is 1.71. The van der Waals surface area contributed by atoms with Crippen molar-refractivity contribution in [2.24, 2.45) is 0 Å². The Kier molecular flexibility index (Phi) is 7.02. The SMILES string of the molecule is COc1ccccc1-c1noc(CF)c1C(=O)NCCNc1cc(N)c(Cl)cc1Cl. The summed E-state index contributed by atoms with van der Waals surface area (Å²) in [6.45, 7) is -0.407. The van der Waals surface area contributed by atoms with Crippen LogP contribution in [0.25, 0.3) is 11.3 Å². The van der Waals surface area contributed by atoms with Crippen molar-refractivity contribution < 1.29 is 18.4 Å². The van der Waals surface area contributed by atoms with Crippen LogP contribution in [0.4, 0.5) is 15.8 Å². The average molecular weight is 453 g/mol. The highest BCUT2D eigenvalue weighted by atomic mass is 35.5. The average Bonchev–Trinajstić information content (AvgIpc) is 3.18. The standard InChI is InChI=1S/C20H19Cl2FN4O3/c1-29-16-5-3-2-4-11(16)19-18(17(10-23)30-27-19)20(28)26-7-6-25-15-9-14(24)12(21)8-13(15)22/h2-5,8-9,25H,6-7,10,24H2,1H3,(H,26,28). The molecule has 0 unspecified atom stereocenters. The summed E-state index contributed by atoms with van der Waals surface area (Å²) < 4.78 is 23.7. The molecule has 0 aliphatic carbocycles. The minimum Gasteiger partial charge on any atom is -0.496 e. The summed E-state index contributed by atoms with van der Waals surface area (Å²) in [5.41, 5.74) is 7.49. The van der Waals surface area contributed by atoms with E-state index in [-0.39, 0.29) is 23.6 Å². The Hall–Kier alpha value is -2.97. The van der Waals surface area contributed by atoms with Crippen LogP contribution in [-0.4, -0.2) is 31.3 Å². The fourth-order valence-electron chi connectivity index (χ4n) is 2.84. The molecule has 1 amide bonds. The van der Waals surface area contributed by atoms with Crippen LogP contribution in [0, 0.1) is 0 Å². The second kappa shape index (κ2) is 9.69. The fraction of sp³-hybridized carbons (Fsp3) is 0.200. The van der Waals surface area contributed by atoms with Gasteiger partial charge < -0.3 is 25.6 Å². The van der Waals surface area contributed by atoms with E-state index >= 15 is 0 Å². The Morgan fingerprint density at radius 1 is 1.23 bits per heavy atom. The number of para-hydroxylation sites is 1. The number of nitrogens with two attached hydrogens (primary N) is 1. The summed E-state index contributed by atoms with van der Waals surface area (Å²) in [5.74, 6) is -0.190. The van der Waals surface area contributed by atoms with Crippen molar-refractivity contribution in [2.45, 2.75) is 6.67 Å². The van der Waals surface area contributed by atoms with Gasteiger partial charge in [0.05, 0.1) is 28.5 Å². The predicted molar refractivity (Wildman–Crippen MR) is 115 cm³/mol. The minimum absolute atomic E-state index is 0.0239. The molecule has 0 aliphatic heterocycles. The molecule has 0 aliphatic rings. The summed E-state index contributed by atoms with van der Waals surface area (Å²) in [6.07, 6.45) is 0. The number of amides is 1. The number of carbonyl (C=O) groups excluding carboxylic acids is 1. The van der Waals surface area contributed by atoms with Gasteiger partial charge in [-0.3, -0.25) is 4.79 Å². The number of alkyl halides is 1. The first-order valence-electron chi connectivity index (χ1n) is 8.90. The van der Waals surface area contributed by atoms with Crippen molar-refractivity contribution >= 4 is 40.5 Å². The van der Waals surface area contributed by atoms with Crippen LogP contribution in [0.1, 0.15) is 16.1 Å². The third kappa shape index (κ3) is 4.60. The number of ether oxygens (including phenoxy) is 1. The van der Waals surface area contributed by atoms with E-state index in [1.807, 2.05) is 0 Å². The molecule has 3 aromatic rings. The number of carbonyl (C=O) groups is 1. The van der Waals surface area contributed by atoms with Crippen molar-refractivity contribution in [3.8, 4) is 17.0 Å². The van der Waals surface area contributed by atoms with Crippen molar-refractivity contribution in [3.05, 3.63) is 57.8 Å². The lowest BCUT2D eigenvalue weighted by Crippen LogP contribution is -2.29. The molecule has 0 radical (unpaired) electrons. The van der Waals surface area contributed by atoms with Gasteiger partial charge in [0.2, 0.25) is 0 Å². The topological polar surface area (TPSA) is 102 Å². The molecule has 2 aromatic carbocycles. The fourth-order valence-corrected chi connectivity index (χ4v) is 3.29. The summed E-state index contributed by atoms with van der Waals surface area (Å²) >= 11 is 12.0. The maximum absolute atomic E-state index is 13.4. The number of halogens is 3. The summed E-state index contributed by atoms with van der Waals surface area (Å²) in [6, 6.07) is 10.1. The highest BCUT2D eigenvalue weighted by Crippen LogP contribution is 2.33. The molecule has 1 heterocycles. The third-order valence-corrected chi connectivity index (χ3v) is 4.93. The molecule has 0 spiro atoms. The number of hydrogen-bond acceptors (Lipinski definition) is 6. The molecular weight excluding hydrogens is 434 g/mol. The van der Waals surface area contributed by atoms with Gasteiger partial charge in [-0.1, -0.05) is 40.5 Å². The smallest absolute Gasteiger partial charge is 0.257 e. The van der Waals surface area contributed by atoms with Crippen LogP contribution in [0.3, 0.4) is 0 Å². The molecule has 4 N–H and O–H groups in total.